The molecule has 7 N–H and O–H groups in total. The summed E-state index contributed by atoms with van der Waals surface area (Å²) < 4.78 is 0. The van der Waals surface area contributed by atoms with Gasteiger partial charge >= 0.3 is 23.9 Å². The first-order valence-electron chi connectivity index (χ1n) is 4.80. The summed E-state index contributed by atoms with van der Waals surface area (Å²) in [5.74, 6) is -5.98. The molecule has 0 fully saturated rings. The van der Waals surface area contributed by atoms with Crippen LogP contribution in [0.15, 0.2) is 0 Å². The van der Waals surface area contributed by atoms with Gasteiger partial charge in [-0.2, -0.15) is 0 Å². The quantitative estimate of drug-likeness (QED) is 0.322. The molecule has 1 unspecified atom stereocenters. The van der Waals surface area contributed by atoms with Crippen LogP contribution in [-0.4, -0.2) is 61.1 Å². The van der Waals surface area contributed by atoms with Crippen LogP contribution in [-0.2, 0) is 19.2 Å². The Morgan fingerprint density at radius 2 is 1.26 bits per heavy atom. The standard InChI is InChI=1S/C6H8O7.C3H7NO2/c7-3(8)1-6(13,5(11)12)2-4(9)10;1-2(4)3(5)6/h13H,1-2H2,(H,7,8)(H,9,10)(H,11,12);2H,4H2,1H3,(H,5,6). The molecular formula is C9H15NO9. The molecule has 0 saturated heterocycles. The number of rotatable bonds is 6. The Bertz CT molecular complexity index is 347. The third-order valence-corrected chi connectivity index (χ3v) is 1.67. The normalized spacial score (nSPS) is 11.7. The van der Waals surface area contributed by atoms with E-state index in [4.69, 9.17) is 31.3 Å². The second-order valence-electron chi connectivity index (χ2n) is 3.60. The number of hydrogen-bond donors (Lipinski definition) is 6. The smallest absolute Gasteiger partial charge is 0.336 e. The van der Waals surface area contributed by atoms with E-state index in [1.54, 1.807) is 0 Å². The molecule has 0 aliphatic heterocycles. The zero-order chi connectivity index (χ0) is 15.8. The summed E-state index contributed by atoms with van der Waals surface area (Å²) in [6.07, 6.45) is -2.29. The Hall–Kier alpha value is -2.20. The van der Waals surface area contributed by atoms with Gasteiger partial charge in [-0.05, 0) is 6.92 Å². The minimum absolute atomic E-state index is 0.731. The molecule has 0 rings (SSSR count). The molecule has 0 spiro atoms. The lowest BCUT2D eigenvalue weighted by Gasteiger charge is -2.18. The minimum Gasteiger partial charge on any atom is -0.481 e. The lowest BCUT2D eigenvalue weighted by atomic mass is 9.96. The number of aliphatic hydroxyl groups is 1. The third kappa shape index (κ3) is 9.50. The Morgan fingerprint density at radius 1 is 1.00 bits per heavy atom. The van der Waals surface area contributed by atoms with Crippen LogP contribution >= 0.6 is 0 Å². The molecule has 0 amide bonds. The zero-order valence-corrected chi connectivity index (χ0v) is 9.94. The fourth-order valence-electron chi connectivity index (χ4n) is 0.714. The summed E-state index contributed by atoms with van der Waals surface area (Å²) in [6.45, 7) is 1.42. The van der Waals surface area contributed by atoms with E-state index in [2.05, 4.69) is 0 Å². The molecule has 10 nitrogen and oxygen atoms in total. The molecule has 1 atom stereocenters. The van der Waals surface area contributed by atoms with Gasteiger partial charge in [0.15, 0.2) is 5.60 Å². The van der Waals surface area contributed by atoms with Gasteiger partial charge < -0.3 is 31.3 Å². The van der Waals surface area contributed by atoms with E-state index in [-0.39, 0.29) is 0 Å². The van der Waals surface area contributed by atoms with Crippen LogP contribution in [0.4, 0.5) is 0 Å². The second-order valence-corrected chi connectivity index (χ2v) is 3.60. The summed E-state index contributed by atoms with van der Waals surface area (Å²) in [5, 5.41) is 41.7. The maximum absolute atomic E-state index is 10.3. The highest BCUT2D eigenvalue weighted by molar-refractivity contribution is 5.88. The van der Waals surface area contributed by atoms with E-state index in [1.807, 2.05) is 0 Å². The average molecular weight is 281 g/mol. The van der Waals surface area contributed by atoms with Gasteiger partial charge in [0.2, 0.25) is 0 Å². The van der Waals surface area contributed by atoms with Crippen LogP contribution in [0, 0.1) is 0 Å². The van der Waals surface area contributed by atoms with Crippen molar-refractivity contribution in [1.29, 1.82) is 0 Å². The molecule has 10 heteroatoms. The van der Waals surface area contributed by atoms with Crippen LogP contribution in [0.2, 0.25) is 0 Å². The molecule has 19 heavy (non-hydrogen) atoms. The van der Waals surface area contributed by atoms with Crippen LogP contribution in [0.3, 0.4) is 0 Å². The van der Waals surface area contributed by atoms with Gasteiger partial charge in [-0.15, -0.1) is 0 Å². The van der Waals surface area contributed by atoms with Gasteiger partial charge in [-0.3, -0.25) is 14.4 Å². The number of carbonyl (C=O) groups is 4. The zero-order valence-electron chi connectivity index (χ0n) is 9.94. The Morgan fingerprint density at radius 3 is 1.37 bits per heavy atom. The van der Waals surface area contributed by atoms with Crippen molar-refractivity contribution in [1.82, 2.24) is 0 Å². The number of carboxylic acids is 4. The lowest BCUT2D eigenvalue weighted by Crippen LogP contribution is -2.42. The van der Waals surface area contributed by atoms with Crippen molar-refractivity contribution in [2.24, 2.45) is 5.73 Å². The monoisotopic (exact) mass is 281 g/mol. The first kappa shape index (κ1) is 19.1. The van der Waals surface area contributed by atoms with Crippen LogP contribution in [0.1, 0.15) is 19.8 Å². The van der Waals surface area contributed by atoms with Crippen molar-refractivity contribution < 1.29 is 44.7 Å². The van der Waals surface area contributed by atoms with E-state index in [0.717, 1.165) is 0 Å². The fourth-order valence-corrected chi connectivity index (χ4v) is 0.714. The Balaban J connectivity index is 0. The molecule has 0 aromatic heterocycles. The number of aliphatic carboxylic acids is 4. The minimum atomic E-state index is -2.74. The SMILES string of the molecule is CC(N)C(=O)O.O=C(O)CC(O)(CC(=O)O)C(=O)O. The highest BCUT2D eigenvalue weighted by atomic mass is 16.4. The molecule has 0 heterocycles. The summed E-state index contributed by atoms with van der Waals surface area (Å²) >= 11 is 0. The highest BCUT2D eigenvalue weighted by Gasteiger charge is 2.40. The van der Waals surface area contributed by atoms with E-state index in [0.29, 0.717) is 0 Å². The predicted octanol–water partition coefficient (Wildman–Crippen LogP) is -1.83. The maximum atomic E-state index is 10.3. The number of hydrogen-bond acceptors (Lipinski definition) is 6. The molecule has 0 aliphatic rings. The van der Waals surface area contributed by atoms with Crippen molar-refractivity contribution in [2.45, 2.75) is 31.4 Å². The van der Waals surface area contributed by atoms with Gasteiger partial charge in [0.05, 0.1) is 12.8 Å². The van der Waals surface area contributed by atoms with E-state index in [1.165, 1.54) is 6.92 Å². The summed E-state index contributed by atoms with van der Waals surface area (Å²) in [6, 6.07) is -0.731. The molecule has 0 aromatic rings. The average Bonchev–Trinajstić information content (AvgIpc) is 2.14. The summed E-state index contributed by atoms with van der Waals surface area (Å²) in [4.78, 5) is 40.1. The first-order chi connectivity index (χ1) is 8.42. The molecule has 0 saturated carbocycles. The van der Waals surface area contributed by atoms with Crippen molar-refractivity contribution >= 4 is 23.9 Å². The van der Waals surface area contributed by atoms with Crippen LogP contribution in [0.5, 0.6) is 0 Å². The van der Waals surface area contributed by atoms with Crippen molar-refractivity contribution in [2.75, 3.05) is 0 Å². The summed E-state index contributed by atoms with van der Waals surface area (Å²) in [7, 11) is 0. The second kappa shape index (κ2) is 8.00. The fraction of sp³-hybridized carbons (Fsp3) is 0.556. The first-order valence-corrected chi connectivity index (χ1v) is 4.80. The van der Waals surface area contributed by atoms with Crippen LogP contribution in [0.25, 0.3) is 0 Å². The lowest BCUT2D eigenvalue weighted by molar-refractivity contribution is -0.170. The molecule has 110 valence electrons. The van der Waals surface area contributed by atoms with E-state index in [9.17, 15) is 19.2 Å². The van der Waals surface area contributed by atoms with E-state index < -0.39 is 48.4 Å². The molecule has 0 aromatic carbocycles. The Labute approximate surface area is 107 Å². The molecule has 0 aliphatic carbocycles. The van der Waals surface area contributed by atoms with Gasteiger partial charge in [-0.1, -0.05) is 0 Å². The largest absolute Gasteiger partial charge is 0.481 e. The van der Waals surface area contributed by atoms with Crippen molar-refractivity contribution in [3.05, 3.63) is 0 Å². The number of nitrogens with two attached hydrogens (primary N) is 1. The van der Waals surface area contributed by atoms with Crippen LogP contribution < -0.4 is 5.73 Å². The third-order valence-electron chi connectivity index (χ3n) is 1.67. The highest BCUT2D eigenvalue weighted by Crippen LogP contribution is 2.15. The van der Waals surface area contributed by atoms with E-state index >= 15 is 0 Å². The van der Waals surface area contributed by atoms with Gasteiger partial charge in [-0.25, -0.2) is 4.79 Å². The number of carboxylic acid groups (broad SMARTS) is 4. The molecule has 0 radical (unpaired) electrons. The van der Waals surface area contributed by atoms with Gasteiger partial charge in [0.1, 0.15) is 6.04 Å². The molecular weight excluding hydrogens is 266 g/mol. The summed E-state index contributed by atoms with van der Waals surface area (Å²) in [5.41, 5.74) is 2.10. The Kier molecular flexibility index (Phi) is 8.06. The maximum Gasteiger partial charge on any atom is 0.336 e. The van der Waals surface area contributed by atoms with Crippen molar-refractivity contribution in [3.63, 3.8) is 0 Å². The van der Waals surface area contributed by atoms with Gasteiger partial charge in [0, 0.05) is 0 Å². The van der Waals surface area contributed by atoms with Crippen molar-refractivity contribution in [3.8, 4) is 0 Å². The topological polar surface area (TPSA) is 195 Å². The van der Waals surface area contributed by atoms with Gasteiger partial charge in [0.25, 0.3) is 0 Å². The predicted molar refractivity (Wildman–Crippen MR) is 58.4 cm³/mol. The molecule has 0 bridgehead atoms.